The summed E-state index contributed by atoms with van der Waals surface area (Å²) in [5, 5.41) is 11.0. The van der Waals surface area contributed by atoms with E-state index < -0.39 is 43.1 Å². The molecule has 3 unspecified atom stereocenters. The lowest BCUT2D eigenvalue weighted by atomic mass is 9.96. The van der Waals surface area contributed by atoms with Crippen LogP contribution < -0.4 is 15.8 Å². The summed E-state index contributed by atoms with van der Waals surface area (Å²) >= 11 is 0. The fraction of sp³-hybridized carbons (Fsp3) is 0.375. The molecule has 2 aliphatic heterocycles. The number of hydrogen-bond acceptors (Lipinski definition) is 8. The molecule has 2 saturated heterocycles. The van der Waals surface area contributed by atoms with Crippen LogP contribution >= 0.6 is 7.82 Å². The quantitative estimate of drug-likeness (QED) is 0.729. The molecule has 5 atom stereocenters. The van der Waals surface area contributed by atoms with Crippen molar-refractivity contribution in [3.8, 4) is 5.75 Å². The maximum absolute atomic E-state index is 12.8. The third-order valence-electron chi connectivity index (χ3n) is 4.42. The number of aromatic amines is 1. The first-order valence-electron chi connectivity index (χ1n) is 8.15. The van der Waals surface area contributed by atoms with Crippen LogP contribution in [0, 0.1) is 0 Å². The van der Waals surface area contributed by atoms with Crippen molar-refractivity contribution in [2.75, 3.05) is 6.61 Å². The van der Waals surface area contributed by atoms with Gasteiger partial charge >= 0.3 is 13.5 Å². The van der Waals surface area contributed by atoms with Crippen molar-refractivity contribution in [1.82, 2.24) is 9.55 Å². The molecule has 0 radical (unpaired) electrons. The molecule has 2 aromatic rings. The van der Waals surface area contributed by atoms with E-state index in [0.29, 0.717) is 0 Å². The Labute approximate surface area is 152 Å². The van der Waals surface area contributed by atoms with E-state index in [1.807, 2.05) is 0 Å². The molecule has 0 bridgehead atoms. The summed E-state index contributed by atoms with van der Waals surface area (Å²) in [6.07, 6.45) is -1.84. The Morgan fingerprint density at radius 1 is 1.30 bits per heavy atom. The van der Waals surface area contributed by atoms with E-state index in [-0.39, 0.29) is 12.4 Å². The van der Waals surface area contributed by atoms with Gasteiger partial charge in [-0.15, -0.1) is 0 Å². The van der Waals surface area contributed by atoms with Gasteiger partial charge in [-0.2, -0.15) is 0 Å². The van der Waals surface area contributed by atoms with E-state index >= 15 is 0 Å². The van der Waals surface area contributed by atoms with Gasteiger partial charge in [0, 0.05) is 12.3 Å². The molecule has 2 N–H and O–H groups in total. The fourth-order valence-corrected chi connectivity index (χ4v) is 4.64. The Morgan fingerprint density at radius 2 is 2.04 bits per heavy atom. The second kappa shape index (κ2) is 6.43. The number of phosphoric acid groups is 1. The van der Waals surface area contributed by atoms with Crippen LogP contribution in [0.2, 0.25) is 0 Å². The molecule has 0 aliphatic carbocycles. The highest BCUT2D eigenvalue weighted by molar-refractivity contribution is 7.49. The zero-order valence-corrected chi connectivity index (χ0v) is 15.1. The molecule has 2 aliphatic rings. The zero-order valence-electron chi connectivity index (χ0n) is 14.2. The lowest BCUT2D eigenvalue weighted by Crippen LogP contribution is -2.49. The van der Waals surface area contributed by atoms with Crippen molar-refractivity contribution >= 4 is 7.82 Å². The predicted octanol–water partition coefficient (Wildman–Crippen LogP) is 0.787. The molecule has 4 rings (SSSR count). The third kappa shape index (κ3) is 3.26. The highest BCUT2D eigenvalue weighted by atomic mass is 31.2. The number of nitrogens with one attached hydrogen (secondary N) is 1. The number of phosphoric ester groups is 1. The van der Waals surface area contributed by atoms with Gasteiger partial charge in [0.15, 0.2) is 6.23 Å². The number of rotatable bonds is 3. The molecule has 1 aromatic carbocycles. The third-order valence-corrected chi connectivity index (χ3v) is 5.81. The van der Waals surface area contributed by atoms with Crippen LogP contribution in [0.3, 0.4) is 0 Å². The van der Waals surface area contributed by atoms with Crippen molar-refractivity contribution in [1.29, 1.82) is 0 Å². The number of aliphatic hydroxyl groups is 1. The summed E-state index contributed by atoms with van der Waals surface area (Å²) in [5.74, 6) is 0.284. The van der Waals surface area contributed by atoms with Gasteiger partial charge in [-0.1, -0.05) is 18.2 Å². The van der Waals surface area contributed by atoms with E-state index in [0.717, 1.165) is 10.6 Å². The lowest BCUT2D eigenvalue weighted by Gasteiger charge is -2.34. The molecule has 11 heteroatoms. The molecule has 2 fully saturated rings. The minimum Gasteiger partial charge on any atom is -0.404 e. The van der Waals surface area contributed by atoms with Gasteiger partial charge in [0.2, 0.25) is 0 Å². The number of ether oxygens (including phenoxy) is 1. The molecule has 3 heterocycles. The molecular formula is C16H17N2O8P. The summed E-state index contributed by atoms with van der Waals surface area (Å²) in [7, 11) is -4.01. The summed E-state index contributed by atoms with van der Waals surface area (Å²) in [6, 6.07) is 9.46. The van der Waals surface area contributed by atoms with Crippen LogP contribution in [-0.4, -0.2) is 39.1 Å². The van der Waals surface area contributed by atoms with Gasteiger partial charge in [0.25, 0.3) is 5.56 Å². The molecule has 27 heavy (non-hydrogen) atoms. The maximum Gasteiger partial charge on any atom is 0.530 e. The van der Waals surface area contributed by atoms with Gasteiger partial charge in [-0.3, -0.25) is 23.4 Å². The first-order valence-corrected chi connectivity index (χ1v) is 9.61. The predicted molar refractivity (Wildman–Crippen MR) is 91.4 cm³/mol. The zero-order chi connectivity index (χ0) is 19.2. The number of H-pyrrole nitrogens is 1. The fourth-order valence-electron chi connectivity index (χ4n) is 3.14. The van der Waals surface area contributed by atoms with Crippen molar-refractivity contribution in [3.63, 3.8) is 0 Å². The Bertz CT molecular complexity index is 1000. The van der Waals surface area contributed by atoms with Crippen molar-refractivity contribution in [2.24, 2.45) is 0 Å². The molecular weight excluding hydrogens is 379 g/mol. The summed E-state index contributed by atoms with van der Waals surface area (Å²) in [6.45, 7) is 1.22. The number of aromatic nitrogens is 2. The smallest absolute Gasteiger partial charge is 0.404 e. The van der Waals surface area contributed by atoms with Crippen LogP contribution in [0.1, 0.15) is 13.2 Å². The molecule has 1 aromatic heterocycles. The molecule has 10 nitrogen and oxygen atoms in total. The SMILES string of the molecule is CC1(O)C2OP(=O)(Oc3ccccc3)OC[C@H]2O[C@H]1n1ccc(=O)[nH]c1=O. The van der Waals surface area contributed by atoms with E-state index in [4.69, 9.17) is 18.3 Å². The lowest BCUT2D eigenvalue weighted by molar-refractivity contribution is -0.0933. The molecule has 0 spiro atoms. The topological polar surface area (TPSA) is 129 Å². The first-order chi connectivity index (χ1) is 12.8. The van der Waals surface area contributed by atoms with E-state index in [9.17, 15) is 19.3 Å². The van der Waals surface area contributed by atoms with Crippen LogP contribution in [0.25, 0.3) is 0 Å². The standard InChI is InChI=1S/C16H17N2O8P/c1-16(21)13-11(24-14(16)18-8-7-12(19)17-15(18)20)9-23-27(22,26-13)25-10-5-3-2-4-6-10/h2-8,11,13-14,21H,9H2,1H3,(H,17,19,20)/t11-,13?,14-,16?,27?/m1/s1. The van der Waals surface area contributed by atoms with Crippen molar-refractivity contribution in [2.45, 2.75) is 31.0 Å². The Kier molecular flexibility index (Phi) is 4.32. The summed E-state index contributed by atoms with van der Waals surface area (Å²) in [4.78, 5) is 25.4. The molecule has 0 saturated carbocycles. The largest absolute Gasteiger partial charge is 0.530 e. The normalized spacial score (nSPS) is 35.6. The van der Waals surface area contributed by atoms with E-state index in [2.05, 4.69) is 4.98 Å². The van der Waals surface area contributed by atoms with Gasteiger partial charge in [0.1, 0.15) is 23.6 Å². The minimum atomic E-state index is -4.01. The number of para-hydroxylation sites is 1. The summed E-state index contributed by atoms with van der Waals surface area (Å²) < 4.78 is 35.6. The van der Waals surface area contributed by atoms with Gasteiger partial charge in [-0.05, 0) is 19.1 Å². The van der Waals surface area contributed by atoms with Crippen LogP contribution in [0.4, 0.5) is 0 Å². The highest BCUT2D eigenvalue weighted by Crippen LogP contribution is 2.58. The maximum atomic E-state index is 12.8. The number of hydrogen-bond donors (Lipinski definition) is 2. The molecule has 0 amide bonds. The van der Waals surface area contributed by atoms with Crippen molar-refractivity contribution in [3.05, 3.63) is 63.4 Å². The number of nitrogens with zero attached hydrogens (tertiary/aromatic N) is 1. The number of benzene rings is 1. The van der Waals surface area contributed by atoms with Gasteiger partial charge in [0.05, 0.1) is 6.61 Å². The van der Waals surface area contributed by atoms with Gasteiger partial charge in [-0.25, -0.2) is 9.36 Å². The van der Waals surface area contributed by atoms with E-state index in [1.54, 1.807) is 30.3 Å². The highest BCUT2D eigenvalue weighted by Gasteiger charge is 2.60. The van der Waals surface area contributed by atoms with E-state index in [1.165, 1.54) is 13.1 Å². The number of fused-ring (bicyclic) bond motifs is 1. The second-order valence-corrected chi connectivity index (χ2v) is 7.99. The van der Waals surface area contributed by atoms with Crippen LogP contribution in [0.15, 0.2) is 52.2 Å². The van der Waals surface area contributed by atoms with Crippen LogP contribution in [0.5, 0.6) is 5.75 Å². The van der Waals surface area contributed by atoms with Crippen molar-refractivity contribution < 1.29 is 28.0 Å². The summed E-state index contributed by atoms with van der Waals surface area (Å²) in [5.41, 5.74) is -3.07. The first kappa shape index (κ1) is 18.1. The second-order valence-electron chi connectivity index (χ2n) is 6.44. The Hall–Kier alpha value is -2.23. The van der Waals surface area contributed by atoms with Gasteiger partial charge < -0.3 is 14.4 Å². The Balaban J connectivity index is 1.61. The average molecular weight is 396 g/mol. The average Bonchev–Trinajstić information content (AvgIpc) is 2.86. The molecule has 144 valence electrons. The monoisotopic (exact) mass is 396 g/mol. The van der Waals surface area contributed by atoms with Crippen LogP contribution in [-0.2, 0) is 18.3 Å². The Morgan fingerprint density at radius 3 is 2.74 bits per heavy atom. The minimum absolute atomic E-state index is 0.167.